The lowest BCUT2D eigenvalue weighted by Crippen LogP contribution is -2.49. The van der Waals surface area contributed by atoms with E-state index in [4.69, 9.17) is 0 Å². The van der Waals surface area contributed by atoms with Crippen LogP contribution in [-0.4, -0.2) is 142 Å². The largest absolute Gasteiger partial charge is 0.480 e. The van der Waals surface area contributed by atoms with Gasteiger partial charge in [-0.25, -0.2) is 0 Å². The Bertz CT molecular complexity index is 896. The molecule has 12 nitrogen and oxygen atoms in total. The lowest BCUT2D eigenvalue weighted by atomic mass is 10.0. The Labute approximate surface area is 229 Å². The second-order valence-corrected chi connectivity index (χ2v) is 10.2. The van der Waals surface area contributed by atoms with Gasteiger partial charge in [-0.1, -0.05) is 29.8 Å². The molecule has 1 atom stereocenters. The van der Waals surface area contributed by atoms with Gasteiger partial charge in [0.1, 0.15) is 0 Å². The Morgan fingerprint density at radius 3 is 1.56 bits per heavy atom. The molecule has 12 heteroatoms. The maximum Gasteiger partial charge on any atom is 0.317 e. The zero-order valence-electron chi connectivity index (χ0n) is 22.7. The number of carbonyl (C=O) groups is 4. The summed E-state index contributed by atoms with van der Waals surface area (Å²) in [5, 5.41) is 37.5. The number of benzene rings is 1. The number of rotatable bonds is 13. The Morgan fingerprint density at radius 2 is 1.15 bits per heavy atom. The highest BCUT2D eigenvalue weighted by atomic mass is 16.4. The fourth-order valence-corrected chi connectivity index (χ4v) is 5.08. The molecule has 4 N–H and O–H groups in total. The van der Waals surface area contributed by atoms with Crippen LogP contribution in [-0.2, 0) is 25.6 Å². The number of hydrogen-bond donors (Lipinski definition) is 4. The molecule has 0 radical (unpaired) electrons. The predicted octanol–water partition coefficient (Wildman–Crippen LogP) is 0.636. The summed E-state index contributed by atoms with van der Waals surface area (Å²) in [4.78, 5) is 53.2. The third kappa shape index (κ3) is 13.5. The van der Waals surface area contributed by atoms with Crippen LogP contribution in [0.15, 0.2) is 24.3 Å². The van der Waals surface area contributed by atoms with Crippen molar-refractivity contribution < 1.29 is 39.6 Å². The van der Waals surface area contributed by atoms with Crippen molar-refractivity contribution in [3.63, 3.8) is 0 Å². The van der Waals surface area contributed by atoms with Crippen LogP contribution in [0.3, 0.4) is 0 Å². The summed E-state index contributed by atoms with van der Waals surface area (Å²) < 4.78 is 0. The molecule has 1 fully saturated rings. The Hall–Kier alpha value is -3.06. The van der Waals surface area contributed by atoms with E-state index in [0.717, 1.165) is 11.1 Å². The number of aliphatic carboxylic acids is 4. The number of hydrogen-bond acceptors (Lipinski definition) is 8. The van der Waals surface area contributed by atoms with E-state index in [1.54, 1.807) is 0 Å². The lowest BCUT2D eigenvalue weighted by molar-refractivity contribution is -0.143. The maximum atomic E-state index is 11.5. The van der Waals surface area contributed by atoms with Gasteiger partial charge in [0.25, 0.3) is 0 Å². The van der Waals surface area contributed by atoms with Crippen LogP contribution in [0, 0.1) is 6.92 Å². The number of aryl methyl sites for hydroxylation is 1. The van der Waals surface area contributed by atoms with Crippen LogP contribution >= 0.6 is 0 Å². The molecule has 0 aromatic heterocycles. The van der Waals surface area contributed by atoms with Crippen molar-refractivity contribution in [1.29, 1.82) is 0 Å². The van der Waals surface area contributed by atoms with E-state index >= 15 is 0 Å². The number of nitrogens with zero attached hydrogens (tertiary/aromatic N) is 4. The molecule has 218 valence electrons. The van der Waals surface area contributed by atoms with Gasteiger partial charge < -0.3 is 20.4 Å². The fraction of sp³-hybridized carbons (Fsp3) is 0.630. The third-order valence-corrected chi connectivity index (χ3v) is 6.80. The first-order valence-corrected chi connectivity index (χ1v) is 13.4. The molecular formula is C27H42N4O8. The normalized spacial score (nSPS) is 17.7. The van der Waals surface area contributed by atoms with Gasteiger partial charge in [0.2, 0.25) is 0 Å². The highest BCUT2D eigenvalue weighted by Crippen LogP contribution is 2.15. The molecule has 1 heterocycles. The standard InChI is InChI=1S/C27H42N4O8/c1-21-5-7-22(8-6-21)15-23(16-30(19-26(36)37)20-27(38)39)31-13-3-11-28(17-24(32)33)9-2-10-29(12-4-14-31)18-25(34)35/h5-8,23H,2-4,9-20H2,1H3,(H,32,33)(H,34,35)(H,36,37)(H,38,39). The van der Waals surface area contributed by atoms with E-state index in [9.17, 15) is 39.6 Å². The number of carboxylic acid groups (broad SMARTS) is 4. The molecule has 2 rings (SSSR count). The minimum Gasteiger partial charge on any atom is -0.480 e. The molecule has 1 aliphatic heterocycles. The second-order valence-electron chi connectivity index (χ2n) is 10.2. The van der Waals surface area contributed by atoms with Crippen LogP contribution < -0.4 is 0 Å². The first-order valence-electron chi connectivity index (χ1n) is 13.4. The van der Waals surface area contributed by atoms with Gasteiger partial charge in [0, 0.05) is 12.6 Å². The monoisotopic (exact) mass is 550 g/mol. The van der Waals surface area contributed by atoms with Crippen LogP contribution in [0.4, 0.5) is 0 Å². The second kappa shape index (κ2) is 16.8. The van der Waals surface area contributed by atoms with Crippen molar-refractivity contribution >= 4 is 23.9 Å². The summed E-state index contributed by atoms with van der Waals surface area (Å²) in [5.41, 5.74) is 2.15. The Balaban J connectivity index is 2.31. The van der Waals surface area contributed by atoms with Gasteiger partial charge in [0.05, 0.1) is 26.2 Å². The van der Waals surface area contributed by atoms with E-state index in [0.29, 0.717) is 65.0 Å². The summed E-state index contributed by atoms with van der Waals surface area (Å²) in [6.07, 6.45) is 2.62. The molecule has 1 aromatic carbocycles. The third-order valence-electron chi connectivity index (χ3n) is 6.80. The molecule has 1 aromatic rings. The van der Waals surface area contributed by atoms with Gasteiger partial charge >= 0.3 is 23.9 Å². The van der Waals surface area contributed by atoms with Crippen molar-refractivity contribution in [1.82, 2.24) is 19.6 Å². The first-order chi connectivity index (χ1) is 18.5. The fourth-order valence-electron chi connectivity index (χ4n) is 5.08. The van der Waals surface area contributed by atoms with Crippen molar-refractivity contribution in [2.24, 2.45) is 0 Å². The van der Waals surface area contributed by atoms with Crippen molar-refractivity contribution in [3.8, 4) is 0 Å². The molecule has 0 spiro atoms. The molecule has 39 heavy (non-hydrogen) atoms. The SMILES string of the molecule is Cc1ccc(CC(CN(CC(=O)O)CC(=O)O)N2CCCN(CC(=O)O)CCCN(CC(=O)O)CCC2)cc1. The number of carboxylic acids is 4. The van der Waals surface area contributed by atoms with Gasteiger partial charge in [-0.05, 0) is 77.4 Å². The van der Waals surface area contributed by atoms with Crippen LogP contribution in [0.1, 0.15) is 30.4 Å². The molecular weight excluding hydrogens is 508 g/mol. The Morgan fingerprint density at radius 1 is 0.718 bits per heavy atom. The van der Waals surface area contributed by atoms with Crippen LogP contribution in [0.25, 0.3) is 0 Å². The topological polar surface area (TPSA) is 162 Å². The first kappa shape index (κ1) is 32.2. The van der Waals surface area contributed by atoms with E-state index in [1.807, 2.05) is 41.0 Å². The quantitative estimate of drug-likeness (QED) is 0.271. The highest BCUT2D eigenvalue weighted by Gasteiger charge is 2.25. The Kier molecular flexibility index (Phi) is 13.9. The predicted molar refractivity (Wildman–Crippen MR) is 144 cm³/mol. The summed E-state index contributed by atoms with van der Waals surface area (Å²) in [6.45, 7) is 4.62. The average molecular weight is 551 g/mol. The summed E-state index contributed by atoms with van der Waals surface area (Å²) >= 11 is 0. The average Bonchev–Trinajstić information content (AvgIpc) is 2.81. The lowest BCUT2D eigenvalue weighted by Gasteiger charge is -2.36. The smallest absolute Gasteiger partial charge is 0.317 e. The summed E-state index contributed by atoms with van der Waals surface area (Å²) in [6, 6.07) is 7.84. The van der Waals surface area contributed by atoms with Crippen molar-refractivity contribution in [2.75, 3.05) is 72.0 Å². The van der Waals surface area contributed by atoms with Gasteiger partial charge in [-0.3, -0.25) is 38.8 Å². The zero-order valence-corrected chi connectivity index (χ0v) is 22.7. The van der Waals surface area contributed by atoms with Crippen LogP contribution in [0.5, 0.6) is 0 Å². The van der Waals surface area contributed by atoms with Gasteiger partial charge in [0.15, 0.2) is 0 Å². The minimum absolute atomic E-state index is 0.100. The van der Waals surface area contributed by atoms with E-state index in [-0.39, 0.29) is 25.7 Å². The molecule has 0 aliphatic carbocycles. The molecule has 0 amide bonds. The summed E-state index contributed by atoms with van der Waals surface area (Å²) in [5.74, 6) is -4.05. The van der Waals surface area contributed by atoms with E-state index < -0.39 is 37.0 Å². The molecule has 1 saturated heterocycles. The molecule has 0 saturated carbocycles. The maximum absolute atomic E-state index is 11.5. The van der Waals surface area contributed by atoms with Gasteiger partial charge in [-0.2, -0.15) is 0 Å². The molecule has 0 bridgehead atoms. The highest BCUT2D eigenvalue weighted by molar-refractivity contribution is 5.72. The van der Waals surface area contributed by atoms with Gasteiger partial charge in [-0.15, -0.1) is 0 Å². The summed E-state index contributed by atoms with van der Waals surface area (Å²) in [7, 11) is 0. The molecule has 1 unspecified atom stereocenters. The zero-order chi connectivity index (χ0) is 28.8. The van der Waals surface area contributed by atoms with Crippen molar-refractivity contribution in [3.05, 3.63) is 35.4 Å². The minimum atomic E-state index is -1.10. The van der Waals surface area contributed by atoms with E-state index in [1.165, 1.54) is 4.90 Å². The van der Waals surface area contributed by atoms with Crippen molar-refractivity contribution in [2.45, 2.75) is 38.6 Å². The van der Waals surface area contributed by atoms with Crippen LogP contribution in [0.2, 0.25) is 0 Å². The molecule has 1 aliphatic rings. The van der Waals surface area contributed by atoms with E-state index in [2.05, 4.69) is 4.90 Å².